The second-order valence-electron chi connectivity index (χ2n) is 6.91. The SMILES string of the molecule is CC1(C)CC(c2ccc(S(N)(=O)=O)cc2)=C(c2ccc(F)nc2)C1. The Balaban J connectivity index is 2.07. The zero-order valence-corrected chi connectivity index (χ0v) is 14.4. The molecular formula is C18H19FN2O2S. The molecular weight excluding hydrogens is 327 g/mol. The van der Waals surface area contributed by atoms with Gasteiger partial charge in [0, 0.05) is 6.20 Å². The maximum absolute atomic E-state index is 13.1. The molecule has 0 spiro atoms. The van der Waals surface area contributed by atoms with Crippen molar-refractivity contribution < 1.29 is 12.8 Å². The number of hydrogen-bond donors (Lipinski definition) is 1. The smallest absolute Gasteiger partial charge is 0.228 e. The fourth-order valence-electron chi connectivity index (χ4n) is 3.19. The van der Waals surface area contributed by atoms with Gasteiger partial charge in [-0.05, 0) is 64.8 Å². The Hall–Kier alpha value is -2.05. The van der Waals surface area contributed by atoms with Crippen LogP contribution in [0.5, 0.6) is 0 Å². The van der Waals surface area contributed by atoms with E-state index >= 15 is 0 Å². The van der Waals surface area contributed by atoms with Gasteiger partial charge in [0.1, 0.15) is 0 Å². The number of primary sulfonamides is 1. The van der Waals surface area contributed by atoms with Gasteiger partial charge in [0.2, 0.25) is 16.0 Å². The second-order valence-corrected chi connectivity index (χ2v) is 8.48. The predicted molar refractivity (Wildman–Crippen MR) is 91.8 cm³/mol. The topological polar surface area (TPSA) is 73.1 Å². The van der Waals surface area contributed by atoms with Gasteiger partial charge in [0.05, 0.1) is 4.90 Å². The lowest BCUT2D eigenvalue weighted by molar-refractivity contribution is 0.406. The van der Waals surface area contributed by atoms with Crippen LogP contribution < -0.4 is 5.14 Å². The zero-order chi connectivity index (χ0) is 17.5. The third-order valence-corrected chi connectivity index (χ3v) is 5.21. The van der Waals surface area contributed by atoms with Crippen LogP contribution in [0, 0.1) is 11.4 Å². The van der Waals surface area contributed by atoms with Crippen LogP contribution in [0.4, 0.5) is 4.39 Å². The quantitative estimate of drug-likeness (QED) is 0.863. The third-order valence-electron chi connectivity index (χ3n) is 4.28. The van der Waals surface area contributed by atoms with E-state index in [2.05, 4.69) is 18.8 Å². The Kier molecular flexibility index (Phi) is 4.05. The number of rotatable bonds is 3. The molecule has 1 aromatic heterocycles. The van der Waals surface area contributed by atoms with Crippen LogP contribution in [0.3, 0.4) is 0 Å². The van der Waals surface area contributed by atoms with Crippen molar-refractivity contribution in [3.8, 4) is 0 Å². The van der Waals surface area contributed by atoms with Crippen LogP contribution in [0.15, 0.2) is 47.5 Å². The summed E-state index contributed by atoms with van der Waals surface area (Å²) < 4.78 is 35.9. The summed E-state index contributed by atoms with van der Waals surface area (Å²) in [5.74, 6) is -0.504. The molecule has 126 valence electrons. The number of aromatic nitrogens is 1. The lowest BCUT2D eigenvalue weighted by atomic mass is 9.88. The average Bonchev–Trinajstić information content (AvgIpc) is 2.83. The van der Waals surface area contributed by atoms with Gasteiger partial charge in [0.25, 0.3) is 0 Å². The first kappa shape index (κ1) is 16.8. The molecule has 0 amide bonds. The largest absolute Gasteiger partial charge is 0.238 e. The van der Waals surface area contributed by atoms with Crippen LogP contribution in [-0.4, -0.2) is 13.4 Å². The fourth-order valence-corrected chi connectivity index (χ4v) is 3.70. The molecule has 0 saturated carbocycles. The van der Waals surface area contributed by atoms with Gasteiger partial charge in [-0.15, -0.1) is 0 Å². The van der Waals surface area contributed by atoms with Crippen molar-refractivity contribution in [2.24, 2.45) is 10.6 Å². The minimum absolute atomic E-state index is 0.0810. The fraction of sp³-hybridized carbons (Fsp3) is 0.278. The van der Waals surface area contributed by atoms with E-state index in [0.29, 0.717) is 0 Å². The van der Waals surface area contributed by atoms with Crippen molar-refractivity contribution in [1.82, 2.24) is 4.98 Å². The van der Waals surface area contributed by atoms with Gasteiger partial charge in [-0.1, -0.05) is 26.0 Å². The van der Waals surface area contributed by atoms with Crippen LogP contribution in [0.25, 0.3) is 11.1 Å². The van der Waals surface area contributed by atoms with Crippen molar-refractivity contribution in [2.45, 2.75) is 31.6 Å². The standard InChI is InChI=1S/C18H19FN2O2S/c1-18(2)9-15(12-3-6-14(7-4-12)24(20,22)23)16(10-18)13-5-8-17(19)21-11-13/h3-8,11H,9-10H2,1-2H3,(H2,20,22,23). The Labute approximate surface area is 141 Å². The number of allylic oxidation sites excluding steroid dienone is 2. The summed E-state index contributed by atoms with van der Waals surface area (Å²) >= 11 is 0. The summed E-state index contributed by atoms with van der Waals surface area (Å²) in [7, 11) is -3.70. The minimum Gasteiger partial charge on any atom is -0.228 e. The molecule has 0 saturated heterocycles. The number of halogens is 1. The van der Waals surface area contributed by atoms with E-state index in [0.717, 1.165) is 35.1 Å². The number of nitrogens with zero attached hydrogens (tertiary/aromatic N) is 1. The second kappa shape index (κ2) is 5.79. The number of sulfonamides is 1. The van der Waals surface area contributed by atoms with E-state index in [-0.39, 0.29) is 10.3 Å². The van der Waals surface area contributed by atoms with Crippen LogP contribution >= 0.6 is 0 Å². The molecule has 2 aromatic rings. The highest BCUT2D eigenvalue weighted by atomic mass is 32.2. The van der Waals surface area contributed by atoms with Gasteiger partial charge in [0.15, 0.2) is 0 Å². The highest BCUT2D eigenvalue weighted by Crippen LogP contribution is 2.49. The van der Waals surface area contributed by atoms with Gasteiger partial charge >= 0.3 is 0 Å². The lowest BCUT2D eigenvalue weighted by Gasteiger charge is -2.17. The van der Waals surface area contributed by atoms with E-state index in [4.69, 9.17) is 5.14 Å². The summed E-state index contributed by atoms with van der Waals surface area (Å²) in [5, 5.41) is 5.15. The highest BCUT2D eigenvalue weighted by molar-refractivity contribution is 7.89. The van der Waals surface area contributed by atoms with E-state index in [9.17, 15) is 12.8 Å². The predicted octanol–water partition coefficient (Wildman–Crippen LogP) is 3.60. The normalized spacial score (nSPS) is 17.3. The molecule has 1 aromatic carbocycles. The average molecular weight is 346 g/mol. The maximum atomic E-state index is 13.1. The van der Waals surface area contributed by atoms with Crippen molar-refractivity contribution >= 4 is 21.2 Å². The molecule has 4 nitrogen and oxygen atoms in total. The number of hydrogen-bond acceptors (Lipinski definition) is 3. The van der Waals surface area contributed by atoms with Gasteiger partial charge in [-0.2, -0.15) is 4.39 Å². The van der Waals surface area contributed by atoms with Gasteiger partial charge < -0.3 is 0 Å². The molecule has 1 heterocycles. The summed E-state index contributed by atoms with van der Waals surface area (Å²) in [4.78, 5) is 3.84. The van der Waals surface area contributed by atoms with E-state index < -0.39 is 16.0 Å². The number of pyridine rings is 1. The number of benzene rings is 1. The molecule has 6 heteroatoms. The molecule has 0 unspecified atom stereocenters. The first-order chi connectivity index (χ1) is 11.2. The summed E-state index contributed by atoms with van der Waals surface area (Å²) in [6.45, 7) is 4.35. The Morgan fingerprint density at radius 1 is 1.00 bits per heavy atom. The Morgan fingerprint density at radius 3 is 2.04 bits per heavy atom. The number of nitrogens with two attached hydrogens (primary N) is 1. The molecule has 0 atom stereocenters. The van der Waals surface area contributed by atoms with Gasteiger partial charge in [-0.25, -0.2) is 18.5 Å². The molecule has 0 bridgehead atoms. The lowest BCUT2D eigenvalue weighted by Crippen LogP contribution is -2.11. The van der Waals surface area contributed by atoms with Gasteiger partial charge in [-0.3, -0.25) is 0 Å². The first-order valence-electron chi connectivity index (χ1n) is 7.63. The zero-order valence-electron chi connectivity index (χ0n) is 13.6. The van der Waals surface area contributed by atoms with Crippen LogP contribution in [-0.2, 0) is 10.0 Å². The van der Waals surface area contributed by atoms with Crippen molar-refractivity contribution in [3.05, 3.63) is 59.7 Å². The molecule has 3 rings (SSSR count). The first-order valence-corrected chi connectivity index (χ1v) is 9.18. The van der Waals surface area contributed by atoms with Crippen LogP contribution in [0.1, 0.15) is 37.8 Å². The highest BCUT2D eigenvalue weighted by Gasteiger charge is 2.32. The molecule has 0 fully saturated rings. The van der Waals surface area contributed by atoms with E-state index in [1.54, 1.807) is 24.4 Å². The maximum Gasteiger partial charge on any atom is 0.238 e. The summed E-state index contributed by atoms with van der Waals surface area (Å²) in [6.07, 6.45) is 3.26. The summed E-state index contributed by atoms with van der Waals surface area (Å²) in [6, 6.07) is 9.67. The monoisotopic (exact) mass is 346 g/mol. The molecule has 0 radical (unpaired) electrons. The third kappa shape index (κ3) is 3.39. The minimum atomic E-state index is -3.70. The molecule has 24 heavy (non-hydrogen) atoms. The molecule has 1 aliphatic rings. The Bertz CT molecular complexity index is 899. The van der Waals surface area contributed by atoms with Crippen LogP contribution in [0.2, 0.25) is 0 Å². The summed E-state index contributed by atoms with van der Waals surface area (Å²) in [5.41, 5.74) is 4.18. The molecule has 0 aliphatic heterocycles. The Morgan fingerprint density at radius 2 is 1.54 bits per heavy atom. The van der Waals surface area contributed by atoms with E-state index in [1.165, 1.54) is 18.2 Å². The molecule has 1 aliphatic carbocycles. The van der Waals surface area contributed by atoms with E-state index in [1.807, 2.05) is 0 Å². The molecule has 2 N–H and O–H groups in total. The van der Waals surface area contributed by atoms with Crippen molar-refractivity contribution in [2.75, 3.05) is 0 Å². The van der Waals surface area contributed by atoms with Crippen molar-refractivity contribution in [1.29, 1.82) is 0 Å². The van der Waals surface area contributed by atoms with Crippen molar-refractivity contribution in [3.63, 3.8) is 0 Å².